The van der Waals surface area contributed by atoms with Crippen LogP contribution in [-0.2, 0) is 15.0 Å². The lowest BCUT2D eigenvalue weighted by Crippen LogP contribution is -2.49. The minimum atomic E-state index is -0.417. The highest BCUT2D eigenvalue weighted by atomic mass is 16.5. The van der Waals surface area contributed by atoms with E-state index < -0.39 is 5.41 Å². The van der Waals surface area contributed by atoms with Crippen LogP contribution in [-0.4, -0.2) is 46.7 Å². The Morgan fingerprint density at radius 2 is 1.68 bits per heavy atom. The minimum absolute atomic E-state index is 0.0255. The lowest BCUT2D eigenvalue weighted by atomic mass is 9.76. The van der Waals surface area contributed by atoms with Gasteiger partial charge in [-0.2, -0.15) is 5.10 Å². The van der Waals surface area contributed by atoms with E-state index in [0.29, 0.717) is 0 Å². The molecule has 2 saturated carbocycles. The van der Waals surface area contributed by atoms with Gasteiger partial charge in [0, 0.05) is 37.1 Å². The molecule has 0 bridgehead atoms. The van der Waals surface area contributed by atoms with E-state index in [2.05, 4.69) is 27.4 Å². The highest BCUT2D eigenvalue weighted by molar-refractivity contribution is 5.95. The van der Waals surface area contributed by atoms with Gasteiger partial charge in [0.15, 0.2) is 0 Å². The van der Waals surface area contributed by atoms with Crippen LogP contribution in [0.2, 0.25) is 0 Å². The van der Waals surface area contributed by atoms with Gasteiger partial charge in [-0.1, -0.05) is 25.0 Å². The average Bonchev–Trinajstić information content (AvgIpc) is 3.31. The van der Waals surface area contributed by atoms with Crippen molar-refractivity contribution in [3.8, 4) is 11.4 Å². The topological polar surface area (TPSA) is 76.5 Å². The van der Waals surface area contributed by atoms with Gasteiger partial charge < -0.3 is 15.0 Å². The number of carbonyl (C=O) groups excluding carboxylic acids is 2. The standard InChI is InChI=1S/C30H34N4O3/c1-37-25-11-5-22(6-12-25)30(13-2-3-14-30)28(36)33-19-15-29(16-20-33)21-26(29)27(35)32-23-7-9-24(10-8-23)34-18-4-17-31-34/h4-12,17-18,26H,2-3,13-16,19-21H2,1H3,(H,32,35). The van der Waals surface area contributed by atoms with Crippen molar-refractivity contribution >= 4 is 17.5 Å². The van der Waals surface area contributed by atoms with Crippen molar-refractivity contribution in [2.24, 2.45) is 11.3 Å². The Hall–Kier alpha value is -3.61. The Morgan fingerprint density at radius 1 is 0.973 bits per heavy atom. The van der Waals surface area contributed by atoms with Crippen molar-refractivity contribution in [2.75, 3.05) is 25.5 Å². The number of hydrogen-bond acceptors (Lipinski definition) is 4. The van der Waals surface area contributed by atoms with Crippen molar-refractivity contribution in [1.82, 2.24) is 14.7 Å². The fraction of sp³-hybridized carbons (Fsp3) is 0.433. The maximum Gasteiger partial charge on any atom is 0.233 e. The molecule has 2 aliphatic carbocycles. The number of hydrogen-bond donors (Lipinski definition) is 1. The molecule has 3 aliphatic rings. The largest absolute Gasteiger partial charge is 0.497 e. The summed E-state index contributed by atoms with van der Waals surface area (Å²) in [6, 6.07) is 17.7. The molecule has 1 aromatic heterocycles. The van der Waals surface area contributed by atoms with Gasteiger partial charge >= 0.3 is 0 Å². The highest BCUT2D eigenvalue weighted by Gasteiger charge is 2.59. The number of aromatic nitrogens is 2. The van der Waals surface area contributed by atoms with Crippen LogP contribution in [0.25, 0.3) is 5.69 Å². The molecule has 1 aliphatic heterocycles. The summed E-state index contributed by atoms with van der Waals surface area (Å²) in [5.74, 6) is 1.20. The molecule has 7 heteroatoms. The molecular weight excluding hydrogens is 464 g/mol. The summed E-state index contributed by atoms with van der Waals surface area (Å²) in [7, 11) is 1.67. The lowest BCUT2D eigenvalue weighted by molar-refractivity contribution is -0.139. The Balaban J connectivity index is 1.07. The van der Waals surface area contributed by atoms with Gasteiger partial charge in [-0.05, 0) is 85.5 Å². The number of nitrogens with zero attached hydrogens (tertiary/aromatic N) is 3. The predicted octanol–water partition coefficient (Wildman–Crippen LogP) is 4.96. The number of nitrogens with one attached hydrogen (secondary N) is 1. The van der Waals surface area contributed by atoms with Gasteiger partial charge in [-0.15, -0.1) is 0 Å². The van der Waals surface area contributed by atoms with Crippen LogP contribution in [0, 0.1) is 11.3 Å². The molecule has 3 aromatic rings. The van der Waals surface area contributed by atoms with Gasteiger partial charge in [0.1, 0.15) is 5.75 Å². The number of ether oxygens (including phenoxy) is 1. The fourth-order valence-corrected chi connectivity index (χ4v) is 6.59. The number of likely N-dealkylation sites (tertiary alicyclic amines) is 1. The molecule has 192 valence electrons. The third-order valence-corrected chi connectivity index (χ3v) is 8.97. The number of piperidine rings is 1. The first-order valence-corrected chi connectivity index (χ1v) is 13.4. The third kappa shape index (κ3) is 4.30. The number of methoxy groups -OCH3 is 1. The Bertz CT molecular complexity index is 1250. The molecule has 2 heterocycles. The van der Waals surface area contributed by atoms with Crippen molar-refractivity contribution in [2.45, 2.75) is 50.4 Å². The predicted molar refractivity (Wildman–Crippen MR) is 142 cm³/mol. The van der Waals surface area contributed by atoms with E-state index in [9.17, 15) is 9.59 Å². The first-order valence-electron chi connectivity index (χ1n) is 13.4. The zero-order valence-corrected chi connectivity index (χ0v) is 21.4. The number of rotatable bonds is 6. The monoisotopic (exact) mass is 498 g/mol. The summed E-state index contributed by atoms with van der Waals surface area (Å²) >= 11 is 0. The van der Waals surface area contributed by atoms with E-state index in [-0.39, 0.29) is 23.1 Å². The van der Waals surface area contributed by atoms with E-state index in [1.165, 1.54) is 0 Å². The summed E-state index contributed by atoms with van der Waals surface area (Å²) < 4.78 is 7.12. The Morgan fingerprint density at radius 3 is 2.30 bits per heavy atom. The summed E-state index contributed by atoms with van der Waals surface area (Å²) in [6.07, 6.45) is 10.3. The van der Waals surface area contributed by atoms with Crippen LogP contribution < -0.4 is 10.1 Å². The minimum Gasteiger partial charge on any atom is -0.497 e. The second-order valence-electron chi connectivity index (χ2n) is 10.9. The van der Waals surface area contributed by atoms with Gasteiger partial charge in [0.05, 0.1) is 18.2 Å². The molecule has 6 rings (SSSR count). The summed E-state index contributed by atoms with van der Waals surface area (Å²) in [4.78, 5) is 29.0. The fourth-order valence-electron chi connectivity index (χ4n) is 6.59. The summed E-state index contributed by atoms with van der Waals surface area (Å²) in [5, 5.41) is 7.34. The molecule has 1 saturated heterocycles. The van der Waals surface area contributed by atoms with E-state index in [4.69, 9.17) is 4.74 Å². The third-order valence-electron chi connectivity index (χ3n) is 8.97. The zero-order chi connectivity index (χ0) is 25.5. The number of amides is 2. The van der Waals surface area contributed by atoms with Crippen LogP contribution in [0.15, 0.2) is 67.0 Å². The van der Waals surface area contributed by atoms with Crippen LogP contribution >= 0.6 is 0 Å². The highest BCUT2D eigenvalue weighted by Crippen LogP contribution is 2.60. The van der Waals surface area contributed by atoms with Crippen LogP contribution in [0.5, 0.6) is 5.75 Å². The summed E-state index contributed by atoms with van der Waals surface area (Å²) in [5.41, 5.74) is 2.49. The molecule has 1 atom stereocenters. The Kier molecular flexibility index (Phi) is 6.01. The zero-order valence-electron chi connectivity index (χ0n) is 21.4. The van der Waals surface area contributed by atoms with Crippen LogP contribution in [0.1, 0.15) is 50.5 Å². The molecule has 7 nitrogen and oxygen atoms in total. The van der Waals surface area contributed by atoms with Gasteiger partial charge in [0.2, 0.25) is 11.8 Å². The SMILES string of the molecule is COc1ccc(C2(C(=O)N3CCC4(CC3)CC4C(=O)Nc3ccc(-n4cccn4)cc3)CCCC2)cc1. The Labute approximate surface area is 217 Å². The van der Waals surface area contributed by atoms with Crippen LogP contribution in [0.3, 0.4) is 0 Å². The first-order chi connectivity index (χ1) is 18.0. The lowest BCUT2D eigenvalue weighted by Gasteiger charge is -2.39. The number of benzene rings is 2. The number of anilines is 1. The second kappa shape index (κ2) is 9.36. The molecule has 2 amide bonds. The van der Waals surface area contributed by atoms with Crippen molar-refractivity contribution < 1.29 is 14.3 Å². The normalized spacial score (nSPS) is 21.5. The smallest absolute Gasteiger partial charge is 0.233 e. The molecule has 37 heavy (non-hydrogen) atoms. The van der Waals surface area contributed by atoms with Crippen molar-refractivity contribution in [3.05, 3.63) is 72.6 Å². The average molecular weight is 499 g/mol. The van der Waals surface area contributed by atoms with Gasteiger partial charge in [-0.3, -0.25) is 9.59 Å². The van der Waals surface area contributed by atoms with E-state index >= 15 is 0 Å². The number of carbonyl (C=O) groups is 2. The van der Waals surface area contributed by atoms with Crippen LogP contribution in [0.4, 0.5) is 5.69 Å². The van der Waals surface area contributed by atoms with Gasteiger partial charge in [-0.25, -0.2) is 4.68 Å². The molecule has 1 N–H and O–H groups in total. The van der Waals surface area contributed by atoms with Gasteiger partial charge in [0.25, 0.3) is 0 Å². The second-order valence-corrected chi connectivity index (χ2v) is 10.9. The summed E-state index contributed by atoms with van der Waals surface area (Å²) in [6.45, 7) is 1.47. The molecular formula is C30H34N4O3. The molecule has 2 aromatic carbocycles. The maximum atomic E-state index is 13.9. The quantitative estimate of drug-likeness (QED) is 0.521. The molecule has 3 fully saturated rings. The van der Waals surface area contributed by atoms with Crippen molar-refractivity contribution in [1.29, 1.82) is 0 Å². The first kappa shape index (κ1) is 23.8. The maximum absolute atomic E-state index is 13.9. The van der Waals surface area contributed by atoms with Crippen molar-refractivity contribution in [3.63, 3.8) is 0 Å². The van der Waals surface area contributed by atoms with E-state index in [1.807, 2.05) is 48.7 Å². The van der Waals surface area contributed by atoms with E-state index in [0.717, 1.165) is 80.7 Å². The molecule has 1 spiro atoms. The molecule has 0 radical (unpaired) electrons. The molecule has 1 unspecified atom stereocenters. The van der Waals surface area contributed by atoms with E-state index in [1.54, 1.807) is 18.0 Å².